The van der Waals surface area contributed by atoms with Crippen LogP contribution in [0.4, 0.5) is 0 Å². The van der Waals surface area contributed by atoms with Crippen molar-refractivity contribution >= 4 is 0 Å². The zero-order valence-corrected chi connectivity index (χ0v) is 10.2. The Kier molecular flexibility index (Phi) is 3.71. The second-order valence-corrected chi connectivity index (χ2v) is 4.13. The van der Waals surface area contributed by atoms with Gasteiger partial charge in [-0.05, 0) is 35.6 Å². The SMILES string of the molecule is C=CCc1cncc(-c2cccc(CC)c2)c1. The van der Waals surface area contributed by atoms with Crippen molar-refractivity contribution in [3.8, 4) is 11.1 Å². The van der Waals surface area contributed by atoms with Crippen LogP contribution in [0.25, 0.3) is 11.1 Å². The maximum atomic E-state index is 4.29. The second kappa shape index (κ2) is 5.44. The summed E-state index contributed by atoms with van der Waals surface area (Å²) in [7, 11) is 0. The second-order valence-electron chi connectivity index (χ2n) is 4.13. The fourth-order valence-electron chi connectivity index (χ4n) is 1.89. The van der Waals surface area contributed by atoms with Gasteiger partial charge in [-0.2, -0.15) is 0 Å². The van der Waals surface area contributed by atoms with E-state index in [4.69, 9.17) is 0 Å². The third-order valence-corrected chi connectivity index (χ3v) is 2.84. The van der Waals surface area contributed by atoms with Crippen LogP contribution in [0.3, 0.4) is 0 Å². The molecule has 0 aliphatic carbocycles. The van der Waals surface area contributed by atoms with Gasteiger partial charge in [-0.25, -0.2) is 0 Å². The Balaban J connectivity index is 2.37. The zero-order valence-electron chi connectivity index (χ0n) is 10.2. The van der Waals surface area contributed by atoms with E-state index in [1.54, 1.807) is 0 Å². The largest absolute Gasteiger partial charge is 0.264 e. The first-order chi connectivity index (χ1) is 8.33. The van der Waals surface area contributed by atoms with Crippen molar-refractivity contribution in [1.82, 2.24) is 4.98 Å². The smallest absolute Gasteiger partial charge is 0.0346 e. The molecule has 2 rings (SSSR count). The normalized spacial score (nSPS) is 10.2. The summed E-state index contributed by atoms with van der Waals surface area (Å²) in [5.41, 5.74) is 4.98. The van der Waals surface area contributed by atoms with Crippen LogP contribution < -0.4 is 0 Å². The fourth-order valence-corrected chi connectivity index (χ4v) is 1.89. The van der Waals surface area contributed by atoms with E-state index < -0.39 is 0 Å². The number of hydrogen-bond acceptors (Lipinski definition) is 1. The van der Waals surface area contributed by atoms with E-state index in [-0.39, 0.29) is 0 Å². The molecule has 0 aliphatic rings. The molecule has 0 amide bonds. The lowest BCUT2D eigenvalue weighted by Gasteiger charge is -2.05. The van der Waals surface area contributed by atoms with E-state index in [0.717, 1.165) is 12.8 Å². The van der Waals surface area contributed by atoms with Gasteiger partial charge in [0.15, 0.2) is 0 Å². The molecule has 1 nitrogen and oxygen atoms in total. The van der Waals surface area contributed by atoms with E-state index in [1.165, 1.54) is 22.3 Å². The highest BCUT2D eigenvalue weighted by Gasteiger charge is 2.00. The van der Waals surface area contributed by atoms with Gasteiger partial charge in [-0.15, -0.1) is 6.58 Å². The maximum Gasteiger partial charge on any atom is 0.0346 e. The highest BCUT2D eigenvalue weighted by Crippen LogP contribution is 2.21. The standard InChI is InChI=1S/C16H17N/c1-3-6-14-10-16(12-17-11-14)15-8-5-7-13(4-2)9-15/h3,5,7-12H,1,4,6H2,2H3. The summed E-state index contributed by atoms with van der Waals surface area (Å²) in [5.74, 6) is 0. The summed E-state index contributed by atoms with van der Waals surface area (Å²) in [5, 5.41) is 0. The molecule has 0 fully saturated rings. The first-order valence-electron chi connectivity index (χ1n) is 5.97. The Bertz CT molecular complexity index is 514. The van der Waals surface area contributed by atoms with Gasteiger partial charge >= 0.3 is 0 Å². The van der Waals surface area contributed by atoms with Gasteiger partial charge in [-0.1, -0.05) is 37.3 Å². The van der Waals surface area contributed by atoms with E-state index in [1.807, 2.05) is 18.5 Å². The number of hydrogen-bond donors (Lipinski definition) is 0. The molecule has 86 valence electrons. The van der Waals surface area contributed by atoms with E-state index >= 15 is 0 Å². The molecular formula is C16H17N. The predicted octanol–water partition coefficient (Wildman–Crippen LogP) is 4.04. The monoisotopic (exact) mass is 223 g/mol. The Morgan fingerprint density at radius 2 is 1.94 bits per heavy atom. The lowest BCUT2D eigenvalue weighted by molar-refractivity contribution is 1.14. The molecule has 0 unspecified atom stereocenters. The number of allylic oxidation sites excluding steroid dienone is 1. The first-order valence-corrected chi connectivity index (χ1v) is 5.97. The minimum atomic E-state index is 0.869. The topological polar surface area (TPSA) is 12.9 Å². The Morgan fingerprint density at radius 3 is 2.71 bits per heavy atom. The van der Waals surface area contributed by atoms with Crippen LogP contribution in [0.5, 0.6) is 0 Å². The molecule has 0 atom stereocenters. The quantitative estimate of drug-likeness (QED) is 0.713. The molecule has 1 heterocycles. The van der Waals surface area contributed by atoms with Crippen molar-refractivity contribution < 1.29 is 0 Å². The van der Waals surface area contributed by atoms with Crippen LogP contribution in [0.1, 0.15) is 18.1 Å². The summed E-state index contributed by atoms with van der Waals surface area (Å²) in [6.07, 6.45) is 7.65. The fraction of sp³-hybridized carbons (Fsp3) is 0.188. The number of aryl methyl sites for hydroxylation is 1. The highest BCUT2D eigenvalue weighted by atomic mass is 14.6. The maximum absolute atomic E-state index is 4.29. The Labute approximate surface area is 103 Å². The summed E-state index contributed by atoms with van der Waals surface area (Å²) in [6.45, 7) is 5.93. The first kappa shape index (κ1) is 11.6. The van der Waals surface area contributed by atoms with Crippen molar-refractivity contribution in [2.45, 2.75) is 19.8 Å². The van der Waals surface area contributed by atoms with Crippen molar-refractivity contribution in [3.63, 3.8) is 0 Å². The molecule has 0 spiro atoms. The van der Waals surface area contributed by atoms with Crippen LogP contribution in [-0.2, 0) is 12.8 Å². The van der Waals surface area contributed by atoms with Gasteiger partial charge in [-0.3, -0.25) is 4.98 Å². The van der Waals surface area contributed by atoms with Crippen molar-refractivity contribution in [3.05, 3.63) is 66.5 Å². The van der Waals surface area contributed by atoms with Crippen molar-refractivity contribution in [1.29, 1.82) is 0 Å². The highest BCUT2D eigenvalue weighted by molar-refractivity contribution is 5.63. The van der Waals surface area contributed by atoms with E-state index in [2.05, 4.69) is 48.8 Å². The molecule has 0 bridgehead atoms. The molecule has 1 heteroatoms. The van der Waals surface area contributed by atoms with E-state index in [0.29, 0.717) is 0 Å². The minimum absolute atomic E-state index is 0.869. The number of benzene rings is 1. The molecule has 1 aromatic carbocycles. The molecular weight excluding hydrogens is 206 g/mol. The van der Waals surface area contributed by atoms with Crippen molar-refractivity contribution in [2.24, 2.45) is 0 Å². The number of nitrogens with zero attached hydrogens (tertiary/aromatic N) is 1. The van der Waals surface area contributed by atoms with E-state index in [9.17, 15) is 0 Å². The summed E-state index contributed by atoms with van der Waals surface area (Å²) >= 11 is 0. The number of aromatic nitrogens is 1. The Hall–Kier alpha value is -1.89. The van der Waals surface area contributed by atoms with Crippen LogP contribution in [0.15, 0.2) is 55.4 Å². The van der Waals surface area contributed by atoms with Gasteiger partial charge in [0.05, 0.1) is 0 Å². The molecule has 0 saturated carbocycles. The molecule has 0 aliphatic heterocycles. The number of pyridine rings is 1. The number of rotatable bonds is 4. The average molecular weight is 223 g/mol. The lowest BCUT2D eigenvalue weighted by Crippen LogP contribution is -1.87. The van der Waals surface area contributed by atoms with Gasteiger partial charge in [0.2, 0.25) is 0 Å². The van der Waals surface area contributed by atoms with Crippen LogP contribution in [-0.4, -0.2) is 4.98 Å². The Morgan fingerprint density at radius 1 is 1.12 bits per heavy atom. The van der Waals surface area contributed by atoms with Gasteiger partial charge in [0.1, 0.15) is 0 Å². The predicted molar refractivity (Wildman–Crippen MR) is 73.0 cm³/mol. The lowest BCUT2D eigenvalue weighted by atomic mass is 10.0. The summed E-state index contributed by atoms with van der Waals surface area (Å²) < 4.78 is 0. The average Bonchev–Trinajstić information content (AvgIpc) is 2.40. The van der Waals surface area contributed by atoms with Gasteiger partial charge in [0.25, 0.3) is 0 Å². The van der Waals surface area contributed by atoms with Crippen LogP contribution >= 0.6 is 0 Å². The molecule has 17 heavy (non-hydrogen) atoms. The minimum Gasteiger partial charge on any atom is -0.264 e. The molecule has 0 radical (unpaired) electrons. The van der Waals surface area contributed by atoms with Gasteiger partial charge in [0, 0.05) is 18.0 Å². The summed E-state index contributed by atoms with van der Waals surface area (Å²) in [6, 6.07) is 10.8. The third kappa shape index (κ3) is 2.82. The van der Waals surface area contributed by atoms with Crippen LogP contribution in [0, 0.1) is 0 Å². The molecule has 2 aromatic rings. The van der Waals surface area contributed by atoms with Crippen LogP contribution in [0.2, 0.25) is 0 Å². The molecule has 0 N–H and O–H groups in total. The third-order valence-electron chi connectivity index (χ3n) is 2.84. The zero-order chi connectivity index (χ0) is 12.1. The molecule has 1 aromatic heterocycles. The van der Waals surface area contributed by atoms with Gasteiger partial charge < -0.3 is 0 Å². The summed E-state index contributed by atoms with van der Waals surface area (Å²) in [4.78, 5) is 4.29. The molecule has 0 saturated heterocycles. The van der Waals surface area contributed by atoms with Crippen molar-refractivity contribution in [2.75, 3.05) is 0 Å².